The van der Waals surface area contributed by atoms with E-state index in [1.165, 1.54) is 12.1 Å². The Balaban J connectivity index is 2.01. The Kier molecular flexibility index (Phi) is 4.12. The number of hydrogen-bond donors (Lipinski definition) is 3. The van der Waals surface area contributed by atoms with Gasteiger partial charge < -0.3 is 10.1 Å². The number of nitrogens with zero attached hydrogens (tertiary/aromatic N) is 1. The molecule has 0 aliphatic rings. The SMILES string of the molecule is COc1ccc2c(Nc3ccc([SH](=N)=O)cc3F)ccnc2c1. The van der Waals surface area contributed by atoms with Crippen LogP contribution in [0.2, 0.25) is 0 Å². The molecule has 0 radical (unpaired) electrons. The molecule has 3 aromatic rings. The number of halogens is 1. The minimum absolute atomic E-state index is 0.160. The Bertz CT molecular complexity index is 949. The van der Waals surface area contributed by atoms with Gasteiger partial charge in [-0.15, -0.1) is 0 Å². The van der Waals surface area contributed by atoms with Gasteiger partial charge in [-0.2, -0.15) is 0 Å². The topological polar surface area (TPSA) is 75.1 Å². The highest BCUT2D eigenvalue weighted by atomic mass is 32.2. The van der Waals surface area contributed by atoms with Crippen molar-refractivity contribution in [2.24, 2.45) is 0 Å². The number of aromatic nitrogens is 1. The number of hydrogen-bond acceptors (Lipinski definition) is 5. The molecule has 0 fully saturated rings. The van der Waals surface area contributed by atoms with E-state index >= 15 is 0 Å². The van der Waals surface area contributed by atoms with Crippen molar-refractivity contribution in [1.82, 2.24) is 4.98 Å². The molecule has 1 atom stereocenters. The van der Waals surface area contributed by atoms with E-state index in [1.54, 1.807) is 31.5 Å². The van der Waals surface area contributed by atoms with Gasteiger partial charge in [0.25, 0.3) is 0 Å². The molecule has 0 aliphatic heterocycles. The molecule has 0 spiro atoms. The van der Waals surface area contributed by atoms with Crippen LogP contribution in [0.15, 0.2) is 53.6 Å². The molecule has 5 nitrogen and oxygen atoms in total. The van der Waals surface area contributed by atoms with E-state index in [4.69, 9.17) is 9.52 Å². The molecule has 0 aliphatic carbocycles. The summed E-state index contributed by atoms with van der Waals surface area (Å²) in [5, 5.41) is 3.83. The van der Waals surface area contributed by atoms with Crippen LogP contribution in [0, 0.1) is 10.6 Å². The largest absolute Gasteiger partial charge is 0.497 e. The lowest BCUT2D eigenvalue weighted by atomic mass is 10.1. The fourth-order valence-corrected chi connectivity index (χ4v) is 2.68. The molecule has 23 heavy (non-hydrogen) atoms. The van der Waals surface area contributed by atoms with Crippen LogP contribution in [0.3, 0.4) is 0 Å². The molecule has 0 bridgehead atoms. The number of anilines is 2. The van der Waals surface area contributed by atoms with Gasteiger partial charge in [0.2, 0.25) is 0 Å². The van der Waals surface area contributed by atoms with Crippen molar-refractivity contribution < 1.29 is 13.3 Å². The highest BCUT2D eigenvalue weighted by Gasteiger charge is 2.08. The first-order chi connectivity index (χ1) is 11.1. The first-order valence-electron chi connectivity index (χ1n) is 6.76. The van der Waals surface area contributed by atoms with E-state index in [2.05, 4.69) is 10.3 Å². The number of nitrogens with one attached hydrogen (secondary N) is 2. The minimum Gasteiger partial charge on any atom is -0.497 e. The van der Waals surface area contributed by atoms with E-state index < -0.39 is 16.4 Å². The van der Waals surface area contributed by atoms with Gasteiger partial charge in [-0.05, 0) is 36.4 Å². The third kappa shape index (κ3) is 3.09. The Morgan fingerprint density at radius 2 is 2.00 bits per heavy atom. The Labute approximate surface area is 134 Å². The summed E-state index contributed by atoms with van der Waals surface area (Å²) in [6.07, 6.45) is 1.62. The van der Waals surface area contributed by atoms with Crippen molar-refractivity contribution in [3.63, 3.8) is 0 Å². The average Bonchev–Trinajstić information content (AvgIpc) is 2.56. The maximum atomic E-state index is 14.1. The molecule has 0 amide bonds. The van der Waals surface area contributed by atoms with E-state index in [0.29, 0.717) is 11.4 Å². The second-order valence-electron chi connectivity index (χ2n) is 4.83. The summed E-state index contributed by atoms with van der Waals surface area (Å²) >= 11 is 0. The summed E-state index contributed by atoms with van der Waals surface area (Å²) in [6.45, 7) is 0. The normalized spacial score (nSPS) is 12.1. The van der Waals surface area contributed by atoms with Crippen LogP contribution in [0.25, 0.3) is 10.9 Å². The summed E-state index contributed by atoms with van der Waals surface area (Å²) in [4.78, 5) is 4.43. The van der Waals surface area contributed by atoms with Gasteiger partial charge >= 0.3 is 0 Å². The van der Waals surface area contributed by atoms with Crippen LogP contribution in [-0.2, 0) is 10.6 Å². The predicted molar refractivity (Wildman–Crippen MR) is 88.5 cm³/mol. The van der Waals surface area contributed by atoms with Crippen molar-refractivity contribution in [2.45, 2.75) is 4.90 Å². The number of ether oxygens (including phenoxy) is 1. The van der Waals surface area contributed by atoms with Gasteiger partial charge in [-0.1, -0.05) is 0 Å². The quantitative estimate of drug-likeness (QED) is 0.637. The van der Waals surface area contributed by atoms with Gasteiger partial charge in [-0.3, -0.25) is 9.76 Å². The number of thiol groups is 1. The van der Waals surface area contributed by atoms with E-state index in [-0.39, 0.29) is 10.6 Å². The summed E-state index contributed by atoms with van der Waals surface area (Å²) in [6, 6.07) is 11.2. The van der Waals surface area contributed by atoms with Gasteiger partial charge in [0.15, 0.2) is 0 Å². The van der Waals surface area contributed by atoms with E-state index in [0.717, 1.165) is 17.0 Å². The monoisotopic (exact) mass is 331 g/mol. The Hall–Kier alpha value is -2.67. The fraction of sp³-hybridized carbons (Fsp3) is 0.0625. The Morgan fingerprint density at radius 3 is 2.70 bits per heavy atom. The smallest absolute Gasteiger partial charge is 0.147 e. The number of benzene rings is 2. The molecule has 2 N–H and O–H groups in total. The van der Waals surface area contributed by atoms with Crippen molar-refractivity contribution in [1.29, 1.82) is 4.78 Å². The third-order valence-electron chi connectivity index (χ3n) is 3.41. The first-order valence-corrected chi connectivity index (χ1v) is 8.02. The fourth-order valence-electron chi connectivity index (χ4n) is 2.24. The summed E-state index contributed by atoms with van der Waals surface area (Å²) in [7, 11) is -0.728. The van der Waals surface area contributed by atoms with Crippen LogP contribution < -0.4 is 10.1 Å². The zero-order chi connectivity index (χ0) is 16.4. The molecule has 1 heterocycles. The molecule has 0 saturated heterocycles. The highest BCUT2D eigenvalue weighted by Crippen LogP contribution is 2.29. The molecule has 7 heteroatoms. The summed E-state index contributed by atoms with van der Waals surface area (Å²) < 4.78 is 37.5. The third-order valence-corrected chi connectivity index (χ3v) is 4.15. The second-order valence-corrected chi connectivity index (χ2v) is 5.93. The molecule has 1 aromatic heterocycles. The van der Waals surface area contributed by atoms with Gasteiger partial charge in [0.1, 0.15) is 11.6 Å². The van der Waals surface area contributed by atoms with Gasteiger partial charge in [-0.25, -0.2) is 8.60 Å². The zero-order valence-electron chi connectivity index (χ0n) is 12.2. The maximum absolute atomic E-state index is 14.1. The van der Waals surface area contributed by atoms with Crippen LogP contribution in [0.1, 0.15) is 0 Å². The standard InChI is InChI=1S/C16H14FN3O2S/c1-22-10-2-4-12-14(6-7-19-16(12)8-10)20-15-5-3-11(23(18)21)9-13(15)17/h2-9,18,23H,1H3,(H,19,20). The van der Waals surface area contributed by atoms with Crippen molar-refractivity contribution >= 4 is 32.9 Å². The average molecular weight is 331 g/mol. The van der Waals surface area contributed by atoms with Crippen LogP contribution in [0.4, 0.5) is 15.8 Å². The lowest BCUT2D eigenvalue weighted by molar-refractivity contribution is 0.415. The molecule has 1 unspecified atom stereocenters. The first kappa shape index (κ1) is 15.2. The molecule has 3 rings (SSSR count). The van der Waals surface area contributed by atoms with Crippen LogP contribution >= 0.6 is 0 Å². The predicted octanol–water partition coefficient (Wildman–Crippen LogP) is 3.73. The molecular formula is C16H14FN3O2S. The lowest BCUT2D eigenvalue weighted by Crippen LogP contribution is -1.96. The Morgan fingerprint density at radius 1 is 1.17 bits per heavy atom. The van der Waals surface area contributed by atoms with Crippen LogP contribution in [0.5, 0.6) is 5.75 Å². The van der Waals surface area contributed by atoms with E-state index in [1.807, 2.05) is 6.07 Å². The van der Waals surface area contributed by atoms with Gasteiger partial charge in [0, 0.05) is 28.2 Å². The van der Waals surface area contributed by atoms with Crippen molar-refractivity contribution in [3.05, 3.63) is 54.5 Å². The molecule has 2 aromatic carbocycles. The lowest BCUT2D eigenvalue weighted by Gasteiger charge is -2.11. The number of methoxy groups -OCH3 is 1. The second kappa shape index (κ2) is 6.21. The minimum atomic E-state index is -2.31. The molecule has 0 saturated carbocycles. The van der Waals surface area contributed by atoms with Crippen molar-refractivity contribution in [3.8, 4) is 5.75 Å². The molecular weight excluding hydrogens is 317 g/mol. The van der Waals surface area contributed by atoms with Crippen molar-refractivity contribution in [2.75, 3.05) is 12.4 Å². The van der Waals surface area contributed by atoms with Crippen LogP contribution in [-0.4, -0.2) is 16.3 Å². The van der Waals surface area contributed by atoms with Gasteiger partial charge in [0.05, 0.1) is 28.9 Å². The summed E-state index contributed by atoms with van der Waals surface area (Å²) in [5.74, 6) is 0.133. The summed E-state index contributed by atoms with van der Waals surface area (Å²) in [5.41, 5.74) is 1.66. The maximum Gasteiger partial charge on any atom is 0.147 e. The number of rotatable bonds is 4. The highest BCUT2D eigenvalue weighted by molar-refractivity contribution is 7.73. The number of pyridine rings is 1. The van der Waals surface area contributed by atoms with E-state index in [9.17, 15) is 8.60 Å². The molecule has 118 valence electrons. The zero-order valence-corrected chi connectivity index (χ0v) is 13.1. The number of fused-ring (bicyclic) bond motifs is 1.